The minimum absolute atomic E-state index is 0.0241. The van der Waals surface area contributed by atoms with Crippen LogP contribution in [0.3, 0.4) is 0 Å². The minimum Gasteiger partial charge on any atom is -0.354 e. The molecule has 5 nitrogen and oxygen atoms in total. The minimum atomic E-state index is -0.420. The Morgan fingerprint density at radius 3 is 2.44 bits per heavy atom. The lowest BCUT2D eigenvalue weighted by atomic mass is 9.94. The van der Waals surface area contributed by atoms with Crippen LogP contribution in [0.4, 0.5) is 0 Å². The van der Waals surface area contributed by atoms with Gasteiger partial charge in [-0.15, -0.1) is 0 Å². The molecule has 1 aliphatic rings. The third-order valence-electron chi connectivity index (χ3n) is 3.65. The van der Waals surface area contributed by atoms with E-state index in [-0.39, 0.29) is 23.9 Å². The molecule has 1 fully saturated rings. The predicted molar refractivity (Wildman–Crippen MR) is 70.0 cm³/mol. The lowest BCUT2D eigenvalue weighted by molar-refractivity contribution is -0.139. The van der Waals surface area contributed by atoms with Crippen LogP contribution in [0.25, 0.3) is 0 Å². The highest BCUT2D eigenvalue weighted by molar-refractivity contribution is 5.79. The first kappa shape index (κ1) is 15.4. The quantitative estimate of drug-likeness (QED) is 0.570. The highest BCUT2D eigenvalue weighted by atomic mass is 16.7. The van der Waals surface area contributed by atoms with Crippen LogP contribution in [0.2, 0.25) is 0 Å². The summed E-state index contributed by atoms with van der Waals surface area (Å²) < 4.78 is 10.3. The van der Waals surface area contributed by atoms with Gasteiger partial charge in [0.1, 0.15) is 0 Å². The fourth-order valence-electron chi connectivity index (χ4n) is 2.57. The number of carbonyl (C=O) groups is 1. The third kappa shape index (κ3) is 4.23. The zero-order chi connectivity index (χ0) is 13.5. The van der Waals surface area contributed by atoms with E-state index >= 15 is 0 Å². The van der Waals surface area contributed by atoms with Crippen molar-refractivity contribution >= 4 is 5.91 Å². The number of amides is 1. The number of methoxy groups -OCH3 is 2. The average molecular weight is 258 g/mol. The van der Waals surface area contributed by atoms with Gasteiger partial charge in [0.05, 0.1) is 12.0 Å². The van der Waals surface area contributed by atoms with E-state index in [9.17, 15) is 4.79 Å². The van der Waals surface area contributed by atoms with Gasteiger partial charge in [-0.3, -0.25) is 4.79 Å². The van der Waals surface area contributed by atoms with Gasteiger partial charge in [-0.05, 0) is 19.8 Å². The Morgan fingerprint density at radius 1 is 1.22 bits per heavy atom. The number of hydrogen-bond acceptors (Lipinski definition) is 4. The lowest BCUT2D eigenvalue weighted by Gasteiger charge is -2.26. The first-order valence-electron chi connectivity index (χ1n) is 6.71. The number of nitrogens with two attached hydrogens (primary N) is 1. The van der Waals surface area contributed by atoms with E-state index in [2.05, 4.69) is 5.32 Å². The smallest absolute Gasteiger partial charge is 0.225 e. The van der Waals surface area contributed by atoms with Crippen molar-refractivity contribution in [1.82, 2.24) is 5.32 Å². The first-order chi connectivity index (χ1) is 8.60. The molecule has 0 aromatic carbocycles. The SMILES string of the molecule is COC(OC)C(C)NC(=O)C1CCCCCC1N. The van der Waals surface area contributed by atoms with E-state index in [1.807, 2.05) is 6.92 Å². The zero-order valence-corrected chi connectivity index (χ0v) is 11.6. The molecule has 1 amide bonds. The number of nitrogens with one attached hydrogen (secondary N) is 1. The molecule has 18 heavy (non-hydrogen) atoms. The summed E-state index contributed by atoms with van der Waals surface area (Å²) in [4.78, 5) is 12.2. The molecular formula is C13H26N2O3. The maximum absolute atomic E-state index is 12.2. The fraction of sp³-hybridized carbons (Fsp3) is 0.923. The van der Waals surface area contributed by atoms with Crippen molar-refractivity contribution in [3.05, 3.63) is 0 Å². The van der Waals surface area contributed by atoms with Crippen molar-refractivity contribution in [3.8, 4) is 0 Å². The van der Waals surface area contributed by atoms with Gasteiger partial charge in [0.2, 0.25) is 5.91 Å². The average Bonchev–Trinajstić information content (AvgIpc) is 2.55. The normalized spacial score (nSPS) is 26.7. The Hall–Kier alpha value is -0.650. The first-order valence-corrected chi connectivity index (χ1v) is 6.71. The molecule has 0 aromatic rings. The molecule has 0 aliphatic heterocycles. The second-order valence-electron chi connectivity index (χ2n) is 5.05. The topological polar surface area (TPSA) is 73.6 Å². The molecule has 1 saturated carbocycles. The van der Waals surface area contributed by atoms with Gasteiger partial charge in [0.25, 0.3) is 0 Å². The summed E-state index contributed by atoms with van der Waals surface area (Å²) in [6.45, 7) is 1.87. The van der Waals surface area contributed by atoms with Crippen LogP contribution >= 0.6 is 0 Å². The molecule has 3 N–H and O–H groups in total. The monoisotopic (exact) mass is 258 g/mol. The van der Waals surface area contributed by atoms with Crippen LogP contribution in [-0.2, 0) is 14.3 Å². The van der Waals surface area contributed by atoms with Crippen molar-refractivity contribution in [3.63, 3.8) is 0 Å². The van der Waals surface area contributed by atoms with E-state index in [4.69, 9.17) is 15.2 Å². The molecule has 0 heterocycles. The van der Waals surface area contributed by atoms with Crippen LogP contribution in [0.15, 0.2) is 0 Å². The highest BCUT2D eigenvalue weighted by Gasteiger charge is 2.29. The summed E-state index contributed by atoms with van der Waals surface area (Å²) in [5.41, 5.74) is 6.07. The van der Waals surface area contributed by atoms with Crippen LogP contribution < -0.4 is 11.1 Å². The van der Waals surface area contributed by atoms with E-state index in [0.29, 0.717) is 0 Å². The van der Waals surface area contributed by atoms with Crippen LogP contribution in [0, 0.1) is 5.92 Å². The van der Waals surface area contributed by atoms with E-state index in [1.165, 1.54) is 6.42 Å². The summed E-state index contributed by atoms with van der Waals surface area (Å²) >= 11 is 0. The van der Waals surface area contributed by atoms with Crippen LogP contribution in [0.5, 0.6) is 0 Å². The number of hydrogen-bond donors (Lipinski definition) is 2. The molecule has 1 rings (SSSR count). The largest absolute Gasteiger partial charge is 0.354 e. The van der Waals surface area contributed by atoms with Crippen molar-refractivity contribution in [2.45, 2.75) is 57.4 Å². The number of ether oxygens (including phenoxy) is 2. The number of carbonyl (C=O) groups excluding carboxylic acids is 1. The lowest BCUT2D eigenvalue weighted by Crippen LogP contribution is -2.48. The van der Waals surface area contributed by atoms with Gasteiger partial charge >= 0.3 is 0 Å². The van der Waals surface area contributed by atoms with Gasteiger partial charge < -0.3 is 20.5 Å². The summed E-state index contributed by atoms with van der Waals surface area (Å²) in [7, 11) is 3.13. The predicted octanol–water partition coefficient (Wildman–Crippen LogP) is 1.02. The second-order valence-corrected chi connectivity index (χ2v) is 5.05. The molecule has 106 valence electrons. The zero-order valence-electron chi connectivity index (χ0n) is 11.6. The summed E-state index contributed by atoms with van der Waals surface area (Å²) in [5, 5.41) is 2.94. The Bertz CT molecular complexity index is 257. The van der Waals surface area contributed by atoms with Crippen molar-refractivity contribution < 1.29 is 14.3 Å². The van der Waals surface area contributed by atoms with Crippen molar-refractivity contribution in [2.24, 2.45) is 11.7 Å². The van der Waals surface area contributed by atoms with Gasteiger partial charge in [0.15, 0.2) is 6.29 Å². The second kappa shape index (κ2) is 7.71. The van der Waals surface area contributed by atoms with Gasteiger partial charge in [0, 0.05) is 20.3 Å². The van der Waals surface area contributed by atoms with E-state index in [1.54, 1.807) is 14.2 Å². The molecular weight excluding hydrogens is 232 g/mol. The molecule has 0 radical (unpaired) electrons. The molecule has 3 unspecified atom stereocenters. The maximum Gasteiger partial charge on any atom is 0.225 e. The van der Waals surface area contributed by atoms with Crippen LogP contribution in [-0.4, -0.2) is 38.5 Å². The molecule has 0 aromatic heterocycles. The van der Waals surface area contributed by atoms with Crippen molar-refractivity contribution in [1.29, 1.82) is 0 Å². The van der Waals surface area contributed by atoms with Gasteiger partial charge in [-0.1, -0.05) is 19.3 Å². The van der Waals surface area contributed by atoms with Gasteiger partial charge in [-0.25, -0.2) is 0 Å². The fourth-order valence-corrected chi connectivity index (χ4v) is 2.57. The van der Waals surface area contributed by atoms with E-state index < -0.39 is 6.29 Å². The van der Waals surface area contributed by atoms with Gasteiger partial charge in [-0.2, -0.15) is 0 Å². The maximum atomic E-state index is 12.2. The highest BCUT2D eigenvalue weighted by Crippen LogP contribution is 2.22. The third-order valence-corrected chi connectivity index (χ3v) is 3.65. The molecule has 1 aliphatic carbocycles. The molecule has 0 bridgehead atoms. The Morgan fingerprint density at radius 2 is 1.83 bits per heavy atom. The molecule has 3 atom stereocenters. The summed E-state index contributed by atoms with van der Waals surface area (Å²) in [5.74, 6) is -0.0553. The molecule has 5 heteroatoms. The standard InChI is InChI=1S/C13H26N2O3/c1-9(13(17-2)18-3)15-12(16)10-7-5-4-6-8-11(10)14/h9-11,13H,4-8,14H2,1-3H3,(H,15,16). The van der Waals surface area contributed by atoms with Crippen LogP contribution in [0.1, 0.15) is 39.0 Å². The Labute approximate surface area is 109 Å². The summed E-state index contributed by atoms with van der Waals surface area (Å²) in [6.07, 6.45) is 4.77. The number of rotatable bonds is 5. The molecule has 0 spiro atoms. The van der Waals surface area contributed by atoms with Crippen molar-refractivity contribution in [2.75, 3.05) is 14.2 Å². The Kier molecular flexibility index (Phi) is 6.60. The molecule has 0 saturated heterocycles. The summed E-state index contributed by atoms with van der Waals surface area (Å²) in [6, 6.07) is -0.203. The van der Waals surface area contributed by atoms with E-state index in [0.717, 1.165) is 25.7 Å². The Balaban J connectivity index is 2.52.